The molecule has 2 N–H and O–H groups in total. The van der Waals surface area contributed by atoms with E-state index in [4.69, 9.17) is 9.47 Å². The summed E-state index contributed by atoms with van der Waals surface area (Å²) >= 11 is 0. The van der Waals surface area contributed by atoms with Crippen molar-refractivity contribution in [2.75, 3.05) is 18.5 Å². The molecule has 4 heteroatoms. The summed E-state index contributed by atoms with van der Waals surface area (Å²) in [6.07, 6.45) is 1.95. The number of H-pyrrole nitrogens is 1. The minimum Gasteiger partial charge on any atom is -0.378 e. The molecular formula is C14H18N2O2. The van der Waals surface area contributed by atoms with Gasteiger partial charge < -0.3 is 19.8 Å². The van der Waals surface area contributed by atoms with Crippen molar-refractivity contribution >= 4 is 16.6 Å². The molecule has 0 atom stereocenters. The number of fused-ring (bicyclic) bond motifs is 1. The Morgan fingerprint density at radius 2 is 2.00 bits per heavy atom. The third kappa shape index (κ3) is 2.35. The normalized spacial score (nSPS) is 20.1. The summed E-state index contributed by atoms with van der Waals surface area (Å²) in [5.41, 5.74) is 2.25. The average molecular weight is 246 g/mol. The maximum Gasteiger partial charge on any atom is 0.162 e. The predicted molar refractivity (Wildman–Crippen MR) is 71.7 cm³/mol. The van der Waals surface area contributed by atoms with Gasteiger partial charge in [-0.1, -0.05) is 0 Å². The number of aromatic amines is 1. The van der Waals surface area contributed by atoms with Crippen molar-refractivity contribution in [3.8, 4) is 0 Å². The monoisotopic (exact) mass is 246 g/mol. The maximum atomic E-state index is 5.63. The highest BCUT2D eigenvalue weighted by atomic mass is 16.7. The first-order chi connectivity index (χ1) is 8.62. The van der Waals surface area contributed by atoms with Crippen LogP contribution in [0.2, 0.25) is 0 Å². The third-order valence-electron chi connectivity index (χ3n) is 3.19. The van der Waals surface area contributed by atoms with E-state index in [1.165, 1.54) is 5.39 Å². The van der Waals surface area contributed by atoms with E-state index in [1.54, 1.807) is 0 Å². The Morgan fingerprint density at radius 3 is 2.78 bits per heavy atom. The number of nitrogens with one attached hydrogen (secondary N) is 2. The zero-order valence-electron chi connectivity index (χ0n) is 10.7. The van der Waals surface area contributed by atoms with Crippen LogP contribution in [-0.4, -0.2) is 30.0 Å². The van der Waals surface area contributed by atoms with Crippen LogP contribution < -0.4 is 5.32 Å². The van der Waals surface area contributed by atoms with Crippen LogP contribution in [-0.2, 0) is 9.47 Å². The molecule has 1 saturated heterocycles. The Balaban J connectivity index is 1.69. The first-order valence-corrected chi connectivity index (χ1v) is 6.24. The molecule has 4 nitrogen and oxygen atoms in total. The van der Waals surface area contributed by atoms with E-state index in [9.17, 15) is 0 Å². The minimum absolute atomic E-state index is 0.203. The number of aromatic nitrogens is 1. The number of rotatable bonds is 2. The van der Waals surface area contributed by atoms with Crippen molar-refractivity contribution in [1.82, 2.24) is 4.98 Å². The molecule has 0 radical (unpaired) electrons. The fraction of sp³-hybridized carbons (Fsp3) is 0.429. The molecule has 1 aliphatic rings. The molecular weight excluding hydrogens is 228 g/mol. The minimum atomic E-state index is -0.456. The van der Waals surface area contributed by atoms with Gasteiger partial charge in [-0.25, -0.2) is 0 Å². The maximum absolute atomic E-state index is 5.63. The lowest BCUT2D eigenvalue weighted by Crippen LogP contribution is -2.45. The van der Waals surface area contributed by atoms with Crippen molar-refractivity contribution in [1.29, 1.82) is 0 Å². The van der Waals surface area contributed by atoms with Crippen LogP contribution >= 0.6 is 0 Å². The van der Waals surface area contributed by atoms with E-state index in [0.717, 1.165) is 11.2 Å². The van der Waals surface area contributed by atoms with E-state index in [2.05, 4.69) is 34.6 Å². The molecule has 1 aromatic heterocycles. The Morgan fingerprint density at radius 1 is 1.22 bits per heavy atom. The second-order valence-electron chi connectivity index (χ2n) is 5.14. The number of hydrogen-bond donors (Lipinski definition) is 2. The molecule has 0 bridgehead atoms. The summed E-state index contributed by atoms with van der Waals surface area (Å²) in [7, 11) is 0. The molecule has 2 aromatic rings. The van der Waals surface area contributed by atoms with Gasteiger partial charge in [-0.05, 0) is 38.1 Å². The zero-order chi connectivity index (χ0) is 12.6. The van der Waals surface area contributed by atoms with Gasteiger partial charge in [0.1, 0.15) is 0 Å². The van der Waals surface area contributed by atoms with E-state index >= 15 is 0 Å². The first-order valence-electron chi connectivity index (χ1n) is 6.24. The van der Waals surface area contributed by atoms with Gasteiger partial charge in [-0.3, -0.25) is 0 Å². The molecule has 2 heterocycles. The molecule has 0 aliphatic carbocycles. The van der Waals surface area contributed by atoms with Crippen molar-refractivity contribution in [2.24, 2.45) is 0 Å². The standard InChI is InChI=1S/C14H18N2O2/c1-14(2)17-8-12(9-18-14)16-11-3-4-13-10(7-11)5-6-15-13/h3-7,12,15-16H,8-9H2,1-2H3. The summed E-state index contributed by atoms with van der Waals surface area (Å²) in [6.45, 7) is 5.21. The molecule has 96 valence electrons. The van der Waals surface area contributed by atoms with Gasteiger partial charge >= 0.3 is 0 Å². The molecule has 0 amide bonds. The van der Waals surface area contributed by atoms with Gasteiger partial charge in [0, 0.05) is 22.8 Å². The molecule has 1 aromatic carbocycles. The first kappa shape index (κ1) is 11.6. The van der Waals surface area contributed by atoms with Crippen LogP contribution in [0, 0.1) is 0 Å². The smallest absolute Gasteiger partial charge is 0.162 e. The van der Waals surface area contributed by atoms with Gasteiger partial charge in [0.2, 0.25) is 0 Å². The van der Waals surface area contributed by atoms with E-state index < -0.39 is 5.79 Å². The molecule has 1 aliphatic heterocycles. The van der Waals surface area contributed by atoms with E-state index in [0.29, 0.717) is 13.2 Å². The Kier molecular flexibility index (Phi) is 2.76. The van der Waals surface area contributed by atoms with Crippen LogP contribution in [0.3, 0.4) is 0 Å². The van der Waals surface area contributed by atoms with E-state index in [-0.39, 0.29) is 6.04 Å². The van der Waals surface area contributed by atoms with Crippen molar-refractivity contribution in [3.05, 3.63) is 30.5 Å². The van der Waals surface area contributed by atoms with Crippen LogP contribution in [0.4, 0.5) is 5.69 Å². The van der Waals surface area contributed by atoms with Crippen molar-refractivity contribution < 1.29 is 9.47 Å². The topological polar surface area (TPSA) is 46.3 Å². The largest absolute Gasteiger partial charge is 0.378 e. The molecule has 0 saturated carbocycles. The number of benzene rings is 1. The lowest BCUT2D eigenvalue weighted by atomic mass is 10.2. The molecule has 3 rings (SSSR count). The molecule has 1 fully saturated rings. The lowest BCUT2D eigenvalue weighted by Gasteiger charge is -2.35. The van der Waals surface area contributed by atoms with Crippen LogP contribution in [0.15, 0.2) is 30.5 Å². The van der Waals surface area contributed by atoms with Crippen molar-refractivity contribution in [2.45, 2.75) is 25.7 Å². The highest BCUT2D eigenvalue weighted by Crippen LogP contribution is 2.22. The predicted octanol–water partition coefficient (Wildman–Crippen LogP) is 2.73. The van der Waals surface area contributed by atoms with Gasteiger partial charge in [-0.2, -0.15) is 0 Å². The van der Waals surface area contributed by atoms with Crippen molar-refractivity contribution in [3.63, 3.8) is 0 Å². The fourth-order valence-corrected chi connectivity index (χ4v) is 2.15. The van der Waals surface area contributed by atoms with Gasteiger partial charge in [0.25, 0.3) is 0 Å². The van der Waals surface area contributed by atoms with Crippen LogP contribution in [0.5, 0.6) is 0 Å². The highest BCUT2D eigenvalue weighted by molar-refractivity contribution is 5.83. The van der Waals surface area contributed by atoms with E-state index in [1.807, 2.05) is 20.0 Å². The molecule has 18 heavy (non-hydrogen) atoms. The van der Waals surface area contributed by atoms with Gasteiger partial charge in [0.15, 0.2) is 5.79 Å². The summed E-state index contributed by atoms with van der Waals surface area (Å²) in [5.74, 6) is -0.456. The summed E-state index contributed by atoms with van der Waals surface area (Å²) in [6, 6.07) is 8.54. The molecule has 0 spiro atoms. The van der Waals surface area contributed by atoms with Crippen LogP contribution in [0.25, 0.3) is 10.9 Å². The van der Waals surface area contributed by atoms with Gasteiger partial charge in [0.05, 0.1) is 19.3 Å². The fourth-order valence-electron chi connectivity index (χ4n) is 2.15. The highest BCUT2D eigenvalue weighted by Gasteiger charge is 2.28. The molecule has 0 unspecified atom stereocenters. The lowest BCUT2D eigenvalue weighted by molar-refractivity contribution is -0.247. The summed E-state index contributed by atoms with van der Waals surface area (Å²) in [4.78, 5) is 3.18. The van der Waals surface area contributed by atoms with Gasteiger partial charge in [-0.15, -0.1) is 0 Å². The van der Waals surface area contributed by atoms with Crippen LogP contribution in [0.1, 0.15) is 13.8 Å². The quantitative estimate of drug-likeness (QED) is 0.856. The third-order valence-corrected chi connectivity index (χ3v) is 3.19. The summed E-state index contributed by atoms with van der Waals surface area (Å²) < 4.78 is 11.3. The second kappa shape index (κ2) is 4.30. The number of ether oxygens (including phenoxy) is 2. The SMILES string of the molecule is CC1(C)OCC(Nc2ccc3[nH]ccc3c2)CO1. The Bertz CT molecular complexity index is 537. The average Bonchev–Trinajstić information content (AvgIpc) is 2.79. The Labute approximate surface area is 106 Å². The second-order valence-corrected chi connectivity index (χ2v) is 5.14. The number of anilines is 1. The summed E-state index contributed by atoms with van der Waals surface area (Å²) in [5, 5.41) is 4.64. The number of hydrogen-bond acceptors (Lipinski definition) is 3. The Hall–Kier alpha value is -1.52. The zero-order valence-corrected chi connectivity index (χ0v) is 10.7.